The van der Waals surface area contributed by atoms with Crippen molar-refractivity contribution in [3.05, 3.63) is 26.3 Å². The Morgan fingerprint density at radius 1 is 1.19 bits per heavy atom. The summed E-state index contributed by atoms with van der Waals surface area (Å²) in [4.78, 5) is 18.1. The Morgan fingerprint density at radius 3 is 2.79 bits per heavy atom. The second-order valence-corrected chi connectivity index (χ2v) is 15.6. The number of rotatable bonds is 6. The summed E-state index contributed by atoms with van der Waals surface area (Å²) in [5.41, 5.74) is 4.78. The zero-order chi connectivity index (χ0) is 33.1. The molecule has 5 atom stereocenters. The molecule has 1 aromatic carbocycles. The number of halogens is 4. The molecule has 4 fully saturated rings. The molecule has 0 radical (unpaired) electrons. The summed E-state index contributed by atoms with van der Waals surface area (Å²) in [6, 6.07) is -0.820. The van der Waals surface area contributed by atoms with E-state index in [1.165, 1.54) is 0 Å². The molecule has 3 saturated heterocycles. The second-order valence-electron chi connectivity index (χ2n) is 14.2. The number of fused-ring (bicyclic) bond motifs is 2. The molecule has 6 heterocycles. The van der Waals surface area contributed by atoms with Crippen molar-refractivity contribution in [2.24, 2.45) is 0 Å². The molecule has 256 valence electrons. The second kappa shape index (κ2) is 11.0. The number of aliphatic hydroxyl groups is 1. The number of hydrogen-bond donors (Lipinski definition) is 2. The van der Waals surface area contributed by atoms with E-state index in [9.17, 15) is 13.9 Å². The van der Waals surface area contributed by atoms with Gasteiger partial charge in [0, 0.05) is 31.6 Å². The Kier molecular flexibility index (Phi) is 7.16. The Bertz CT molecular complexity index is 1970. The number of ether oxygens (including phenoxy) is 3. The number of nitrogen functional groups attached to an aromatic ring is 1. The summed E-state index contributed by atoms with van der Waals surface area (Å²) in [6.45, 7) is 4.07. The van der Waals surface area contributed by atoms with Gasteiger partial charge in [0.25, 0.3) is 0 Å². The van der Waals surface area contributed by atoms with Crippen molar-refractivity contribution < 1.29 is 32.5 Å². The fourth-order valence-corrected chi connectivity index (χ4v) is 9.97. The molecule has 6 aliphatic rings. The molecule has 10 nitrogen and oxygen atoms in total. The highest BCUT2D eigenvalue weighted by atomic mass is 35.5. The lowest BCUT2D eigenvalue weighted by Gasteiger charge is -2.41. The standard InChI is InChI=1S/C33H36ClF3N6O4S/c1-15-28(33(44)7-8-33)43(17-5-10-45-13-17)29-21-25(40-31(41-29)46-14-32-6-2-9-42(32)12-16(35)11-32)23(37)20(22(34)26(21)47-15)18-3-4-19(36)27-24(18)39-30(38)48-27/h15-17,28,44H,2-14H2,1H3,(H2,38,39)/t15?,16-,17?,28?,32+/m1/s1. The molecular weight excluding hydrogens is 669 g/mol. The van der Waals surface area contributed by atoms with Gasteiger partial charge in [0.1, 0.15) is 36.0 Å². The summed E-state index contributed by atoms with van der Waals surface area (Å²) in [5.74, 6) is -0.586. The zero-order valence-corrected chi connectivity index (χ0v) is 28.0. The smallest absolute Gasteiger partial charge is 0.319 e. The van der Waals surface area contributed by atoms with Gasteiger partial charge in [-0.05, 0) is 57.6 Å². The van der Waals surface area contributed by atoms with Gasteiger partial charge in [-0.15, -0.1) is 0 Å². The summed E-state index contributed by atoms with van der Waals surface area (Å²) in [6.07, 6.45) is 2.47. The van der Waals surface area contributed by atoms with Crippen LogP contribution in [0.4, 0.5) is 24.1 Å². The Hall–Kier alpha value is -2.91. The minimum absolute atomic E-state index is 0.00770. The lowest BCUT2D eigenvalue weighted by Crippen LogP contribution is -2.57. The summed E-state index contributed by atoms with van der Waals surface area (Å²) >= 11 is 8.16. The van der Waals surface area contributed by atoms with Crippen LogP contribution in [0.5, 0.6) is 11.8 Å². The first-order valence-corrected chi connectivity index (χ1v) is 17.9. The van der Waals surface area contributed by atoms with Gasteiger partial charge < -0.3 is 30.0 Å². The lowest BCUT2D eigenvalue weighted by atomic mass is 9.95. The molecular formula is C33H36ClF3N6O4S. The van der Waals surface area contributed by atoms with Gasteiger partial charge in [-0.2, -0.15) is 9.97 Å². The average Bonchev–Trinajstić information content (AvgIpc) is 3.45. The Morgan fingerprint density at radius 2 is 2.02 bits per heavy atom. The molecule has 3 N–H and O–H groups in total. The maximum Gasteiger partial charge on any atom is 0.319 e. The van der Waals surface area contributed by atoms with E-state index in [0.717, 1.165) is 30.7 Å². The molecule has 0 bridgehead atoms. The fourth-order valence-electron chi connectivity index (χ4n) is 8.81. The number of hydrogen-bond acceptors (Lipinski definition) is 11. The van der Waals surface area contributed by atoms with Gasteiger partial charge in [0.2, 0.25) is 0 Å². The monoisotopic (exact) mass is 704 g/mol. The van der Waals surface area contributed by atoms with Crippen molar-refractivity contribution in [3.63, 3.8) is 0 Å². The number of anilines is 2. The molecule has 2 aliphatic carbocycles. The number of nitrogens with two attached hydrogens (primary N) is 1. The normalized spacial score (nSPS) is 30.8. The van der Waals surface area contributed by atoms with Crippen molar-refractivity contribution in [1.82, 2.24) is 19.9 Å². The SMILES string of the molecule is CC1Oc2c(Cl)c(C3=c4nc(N)sc4=C(F)CC3)c(F)c3nc(OC[C@@]45CCCN4C[C@H](F)C5)nc(c23)N(C2CCOC2)C1C1(O)CC1. The summed E-state index contributed by atoms with van der Waals surface area (Å²) in [7, 11) is 0. The quantitative estimate of drug-likeness (QED) is 0.393. The maximum absolute atomic E-state index is 17.3. The van der Waals surface area contributed by atoms with Gasteiger partial charge in [-0.25, -0.2) is 18.2 Å². The molecule has 1 saturated carbocycles. The lowest BCUT2D eigenvalue weighted by molar-refractivity contribution is 0.0521. The van der Waals surface area contributed by atoms with Crippen LogP contribution in [0.3, 0.4) is 0 Å². The average molecular weight is 705 g/mol. The highest BCUT2D eigenvalue weighted by Crippen LogP contribution is 2.53. The van der Waals surface area contributed by atoms with E-state index in [1.807, 2.05) is 11.8 Å². The number of thiazole rings is 1. The van der Waals surface area contributed by atoms with E-state index in [0.29, 0.717) is 56.8 Å². The van der Waals surface area contributed by atoms with Gasteiger partial charge in [-0.1, -0.05) is 22.9 Å². The molecule has 3 unspecified atom stereocenters. The first-order valence-electron chi connectivity index (χ1n) is 16.7. The number of benzene rings is 1. The Balaban J connectivity index is 1.29. The van der Waals surface area contributed by atoms with Gasteiger partial charge in [-0.3, -0.25) is 4.90 Å². The predicted molar refractivity (Wildman–Crippen MR) is 175 cm³/mol. The van der Waals surface area contributed by atoms with Crippen molar-refractivity contribution in [3.8, 4) is 11.8 Å². The van der Waals surface area contributed by atoms with E-state index >= 15 is 4.39 Å². The molecule has 0 amide bonds. The van der Waals surface area contributed by atoms with Crippen LogP contribution in [-0.2, 0) is 4.74 Å². The third kappa shape index (κ3) is 4.65. The Labute approximate surface area is 283 Å². The highest BCUT2D eigenvalue weighted by Gasteiger charge is 2.57. The minimum Gasteiger partial charge on any atom is -0.486 e. The first kappa shape index (κ1) is 31.1. The highest BCUT2D eigenvalue weighted by molar-refractivity contribution is 7.13. The van der Waals surface area contributed by atoms with E-state index in [1.54, 1.807) is 0 Å². The van der Waals surface area contributed by atoms with E-state index in [-0.39, 0.29) is 79.6 Å². The van der Waals surface area contributed by atoms with Crippen LogP contribution in [0.25, 0.3) is 22.3 Å². The van der Waals surface area contributed by atoms with E-state index in [4.69, 9.17) is 36.5 Å². The fraction of sp³-hybridized carbons (Fsp3) is 0.606. The predicted octanol–water partition coefficient (Wildman–Crippen LogP) is 3.76. The number of aromatic nitrogens is 3. The van der Waals surface area contributed by atoms with E-state index < -0.39 is 35.3 Å². The summed E-state index contributed by atoms with van der Waals surface area (Å²) < 4.78 is 65.9. The van der Waals surface area contributed by atoms with Crippen molar-refractivity contribution in [2.45, 2.75) is 93.8 Å². The molecule has 48 heavy (non-hydrogen) atoms. The minimum atomic E-state index is -1.07. The van der Waals surface area contributed by atoms with Crippen LogP contribution in [-0.4, -0.2) is 93.4 Å². The molecule has 2 aromatic heterocycles. The van der Waals surface area contributed by atoms with Crippen LogP contribution < -0.4 is 30.0 Å². The summed E-state index contributed by atoms with van der Waals surface area (Å²) in [5, 5.41) is 12.4. The van der Waals surface area contributed by atoms with Crippen molar-refractivity contribution in [2.75, 3.05) is 43.5 Å². The third-order valence-electron chi connectivity index (χ3n) is 11.2. The van der Waals surface area contributed by atoms with Crippen LogP contribution >= 0.6 is 22.9 Å². The zero-order valence-electron chi connectivity index (χ0n) is 26.4. The van der Waals surface area contributed by atoms with Crippen LogP contribution in [0.2, 0.25) is 5.02 Å². The molecule has 15 heteroatoms. The van der Waals surface area contributed by atoms with Gasteiger partial charge in [0.05, 0.1) is 50.1 Å². The number of alkyl halides is 1. The van der Waals surface area contributed by atoms with Crippen LogP contribution in [0.1, 0.15) is 63.9 Å². The molecule has 4 aliphatic heterocycles. The molecule has 9 rings (SSSR count). The van der Waals surface area contributed by atoms with Crippen LogP contribution in [0.15, 0.2) is 0 Å². The molecule has 0 spiro atoms. The first-order chi connectivity index (χ1) is 23.1. The van der Waals surface area contributed by atoms with E-state index in [2.05, 4.69) is 14.9 Å². The maximum atomic E-state index is 17.3. The van der Waals surface area contributed by atoms with Crippen molar-refractivity contribution >= 4 is 56.2 Å². The van der Waals surface area contributed by atoms with Crippen molar-refractivity contribution in [1.29, 1.82) is 0 Å². The number of nitrogens with zero attached hydrogens (tertiary/aromatic N) is 5. The van der Waals surface area contributed by atoms with Gasteiger partial charge >= 0.3 is 6.01 Å². The third-order valence-corrected chi connectivity index (χ3v) is 12.4. The van der Waals surface area contributed by atoms with Gasteiger partial charge in [0.15, 0.2) is 16.7 Å². The van der Waals surface area contributed by atoms with Crippen LogP contribution in [0, 0.1) is 5.82 Å². The topological polar surface area (TPSA) is 119 Å². The largest absolute Gasteiger partial charge is 0.486 e. The molecule has 3 aromatic rings.